The van der Waals surface area contributed by atoms with E-state index in [9.17, 15) is 9.18 Å². The highest BCUT2D eigenvalue weighted by Gasteiger charge is 2.35. The number of nitrogens with two attached hydrogens (primary N) is 1. The first-order valence-electron chi connectivity index (χ1n) is 7.59. The topological polar surface area (TPSA) is 46.3 Å². The lowest BCUT2D eigenvalue weighted by Crippen LogP contribution is -2.29. The van der Waals surface area contributed by atoms with Crippen LogP contribution in [-0.4, -0.2) is 30.4 Å². The van der Waals surface area contributed by atoms with Crippen molar-refractivity contribution >= 4 is 34.2 Å². The number of benzene rings is 2. The fourth-order valence-corrected chi connectivity index (χ4v) is 3.68. The normalized spacial score (nSPS) is 19.9. The minimum absolute atomic E-state index is 0. The predicted octanol–water partition coefficient (Wildman–Crippen LogP) is 3.82. The molecule has 128 valence electrons. The van der Waals surface area contributed by atoms with Gasteiger partial charge in [-0.2, -0.15) is 0 Å². The number of rotatable bonds is 3. The van der Waals surface area contributed by atoms with Crippen molar-refractivity contribution in [2.75, 3.05) is 19.6 Å². The van der Waals surface area contributed by atoms with Gasteiger partial charge in [0, 0.05) is 29.0 Å². The zero-order valence-corrected chi connectivity index (χ0v) is 15.4. The van der Waals surface area contributed by atoms with Crippen molar-refractivity contribution in [2.45, 2.75) is 5.92 Å². The maximum Gasteiger partial charge on any atom is 0.254 e. The van der Waals surface area contributed by atoms with E-state index in [0.717, 1.165) is 0 Å². The van der Waals surface area contributed by atoms with Gasteiger partial charge in [0.25, 0.3) is 5.91 Å². The van der Waals surface area contributed by atoms with Crippen LogP contribution < -0.4 is 5.73 Å². The average molecular weight is 414 g/mol. The van der Waals surface area contributed by atoms with Crippen molar-refractivity contribution in [1.82, 2.24) is 4.90 Å². The highest BCUT2D eigenvalue weighted by molar-refractivity contribution is 9.10. The summed E-state index contributed by atoms with van der Waals surface area (Å²) in [6.07, 6.45) is 0. The summed E-state index contributed by atoms with van der Waals surface area (Å²) in [4.78, 5) is 14.5. The summed E-state index contributed by atoms with van der Waals surface area (Å²) < 4.78 is 14.1. The van der Waals surface area contributed by atoms with E-state index in [1.165, 1.54) is 17.7 Å². The predicted molar refractivity (Wildman–Crippen MR) is 99.0 cm³/mol. The molecule has 0 bridgehead atoms. The molecule has 1 amide bonds. The Morgan fingerprint density at radius 3 is 2.54 bits per heavy atom. The summed E-state index contributed by atoms with van der Waals surface area (Å²) in [5.41, 5.74) is 7.46. The fraction of sp³-hybridized carbons (Fsp3) is 0.278. The molecule has 1 saturated heterocycles. The molecule has 2 atom stereocenters. The van der Waals surface area contributed by atoms with E-state index in [4.69, 9.17) is 5.73 Å². The molecule has 0 spiro atoms. The number of halogens is 3. The van der Waals surface area contributed by atoms with Gasteiger partial charge >= 0.3 is 0 Å². The summed E-state index contributed by atoms with van der Waals surface area (Å²) in [6, 6.07) is 14.4. The van der Waals surface area contributed by atoms with Crippen molar-refractivity contribution in [3.63, 3.8) is 0 Å². The van der Waals surface area contributed by atoms with Crippen LogP contribution >= 0.6 is 28.3 Å². The van der Waals surface area contributed by atoms with Gasteiger partial charge in [-0.1, -0.05) is 46.3 Å². The van der Waals surface area contributed by atoms with E-state index in [-0.39, 0.29) is 30.2 Å². The maximum absolute atomic E-state index is 13.5. The Bertz CT molecular complexity index is 693. The molecule has 24 heavy (non-hydrogen) atoms. The standard InChI is InChI=1S/C18H18BrFN2O.ClH/c19-15-6-13(7-16(20)8-15)18(23)22-10-14(9-21)17(11-22)12-4-2-1-3-5-12;/h1-8,14,17H,9-11,21H2;1H/t14-,17+;/m1./s1. The first-order valence-corrected chi connectivity index (χ1v) is 8.38. The van der Waals surface area contributed by atoms with Crippen molar-refractivity contribution in [3.05, 3.63) is 69.9 Å². The zero-order chi connectivity index (χ0) is 16.4. The second kappa shape index (κ2) is 8.10. The molecule has 3 nitrogen and oxygen atoms in total. The van der Waals surface area contributed by atoms with Crippen LogP contribution in [0, 0.1) is 11.7 Å². The van der Waals surface area contributed by atoms with E-state index >= 15 is 0 Å². The highest BCUT2D eigenvalue weighted by Crippen LogP contribution is 2.33. The van der Waals surface area contributed by atoms with Crippen LogP contribution in [0.1, 0.15) is 21.8 Å². The molecule has 0 aliphatic carbocycles. The Labute approximate surface area is 155 Å². The molecule has 0 radical (unpaired) electrons. The van der Waals surface area contributed by atoms with E-state index in [0.29, 0.717) is 29.7 Å². The van der Waals surface area contributed by atoms with E-state index in [1.807, 2.05) is 18.2 Å². The van der Waals surface area contributed by atoms with Gasteiger partial charge in [-0.05, 0) is 36.2 Å². The summed E-state index contributed by atoms with van der Waals surface area (Å²) in [6.45, 7) is 1.73. The number of likely N-dealkylation sites (tertiary alicyclic amines) is 1. The molecule has 1 aliphatic heterocycles. The molecule has 2 aromatic rings. The van der Waals surface area contributed by atoms with Gasteiger partial charge in [-0.3, -0.25) is 4.79 Å². The molecule has 1 heterocycles. The molecular formula is C18H19BrClFN2O. The molecular weight excluding hydrogens is 395 g/mol. The van der Waals surface area contributed by atoms with E-state index in [1.54, 1.807) is 11.0 Å². The third kappa shape index (κ3) is 3.97. The molecule has 0 unspecified atom stereocenters. The number of hydrogen-bond donors (Lipinski definition) is 1. The Morgan fingerprint density at radius 1 is 1.21 bits per heavy atom. The summed E-state index contributed by atoms with van der Waals surface area (Å²) in [5, 5.41) is 0. The minimum atomic E-state index is -0.420. The fourth-order valence-electron chi connectivity index (χ4n) is 3.21. The number of amides is 1. The van der Waals surface area contributed by atoms with Crippen molar-refractivity contribution in [2.24, 2.45) is 11.7 Å². The molecule has 1 fully saturated rings. The van der Waals surface area contributed by atoms with Crippen LogP contribution in [0.15, 0.2) is 53.0 Å². The Morgan fingerprint density at radius 2 is 1.92 bits per heavy atom. The highest BCUT2D eigenvalue weighted by atomic mass is 79.9. The van der Waals surface area contributed by atoms with E-state index < -0.39 is 5.82 Å². The van der Waals surface area contributed by atoms with E-state index in [2.05, 4.69) is 28.1 Å². The molecule has 0 aromatic heterocycles. The van der Waals surface area contributed by atoms with Gasteiger partial charge in [-0.15, -0.1) is 12.4 Å². The van der Waals surface area contributed by atoms with Gasteiger partial charge < -0.3 is 10.6 Å². The van der Waals surface area contributed by atoms with Crippen LogP contribution in [0.25, 0.3) is 0 Å². The number of carbonyl (C=O) groups excluding carboxylic acids is 1. The van der Waals surface area contributed by atoms with Crippen LogP contribution in [-0.2, 0) is 0 Å². The number of nitrogens with zero attached hydrogens (tertiary/aromatic N) is 1. The number of carbonyl (C=O) groups is 1. The Kier molecular flexibility index (Phi) is 6.38. The second-order valence-electron chi connectivity index (χ2n) is 5.88. The molecule has 3 rings (SSSR count). The third-order valence-electron chi connectivity index (χ3n) is 4.37. The monoisotopic (exact) mass is 412 g/mol. The first kappa shape index (κ1) is 18.9. The van der Waals surface area contributed by atoms with Crippen LogP contribution in [0.4, 0.5) is 4.39 Å². The largest absolute Gasteiger partial charge is 0.338 e. The van der Waals surface area contributed by atoms with Crippen molar-refractivity contribution in [3.8, 4) is 0 Å². The maximum atomic E-state index is 13.5. The molecule has 6 heteroatoms. The van der Waals surface area contributed by atoms with Crippen LogP contribution in [0.2, 0.25) is 0 Å². The van der Waals surface area contributed by atoms with Crippen molar-refractivity contribution in [1.29, 1.82) is 0 Å². The SMILES string of the molecule is Cl.NC[C@@H]1CN(C(=O)c2cc(F)cc(Br)c2)C[C@H]1c1ccccc1. The minimum Gasteiger partial charge on any atom is -0.338 e. The van der Waals surface area contributed by atoms with Crippen LogP contribution in [0.5, 0.6) is 0 Å². The second-order valence-corrected chi connectivity index (χ2v) is 6.80. The molecule has 2 N–H and O–H groups in total. The van der Waals surface area contributed by atoms with Gasteiger partial charge in [0.05, 0.1) is 0 Å². The lowest BCUT2D eigenvalue weighted by atomic mass is 9.89. The van der Waals surface area contributed by atoms with Gasteiger partial charge in [0.2, 0.25) is 0 Å². The lowest BCUT2D eigenvalue weighted by molar-refractivity contribution is 0.0786. The summed E-state index contributed by atoms with van der Waals surface area (Å²) >= 11 is 3.23. The third-order valence-corrected chi connectivity index (χ3v) is 4.83. The average Bonchev–Trinajstić information content (AvgIpc) is 2.98. The Balaban J connectivity index is 0.00000208. The number of hydrogen-bond acceptors (Lipinski definition) is 2. The molecule has 1 aliphatic rings. The van der Waals surface area contributed by atoms with Gasteiger partial charge in [-0.25, -0.2) is 4.39 Å². The van der Waals surface area contributed by atoms with Gasteiger partial charge in [0.1, 0.15) is 5.82 Å². The summed E-state index contributed by atoms with van der Waals surface area (Å²) in [7, 11) is 0. The first-order chi connectivity index (χ1) is 11.1. The summed E-state index contributed by atoms with van der Waals surface area (Å²) in [5.74, 6) is -0.125. The lowest BCUT2D eigenvalue weighted by Gasteiger charge is -2.17. The van der Waals surface area contributed by atoms with Crippen LogP contribution in [0.3, 0.4) is 0 Å². The molecule has 0 saturated carbocycles. The van der Waals surface area contributed by atoms with Crippen molar-refractivity contribution < 1.29 is 9.18 Å². The smallest absolute Gasteiger partial charge is 0.254 e. The van der Waals surface area contributed by atoms with Gasteiger partial charge in [0.15, 0.2) is 0 Å². The Hall–Kier alpha value is -1.43. The quantitative estimate of drug-likeness (QED) is 0.831. The zero-order valence-electron chi connectivity index (χ0n) is 13.0. The molecule has 2 aromatic carbocycles.